The van der Waals surface area contributed by atoms with Gasteiger partial charge < -0.3 is 14.2 Å². The number of hydrogen-bond donors (Lipinski definition) is 0. The van der Waals surface area contributed by atoms with Crippen LogP contribution in [0.5, 0.6) is 0 Å². The molecule has 9 heteroatoms. The molecule has 0 heterocycles. The first kappa shape index (κ1) is 18.1. The largest absolute Gasteiger partial charge is 0.481 e. The van der Waals surface area contributed by atoms with Crippen molar-refractivity contribution in [2.24, 2.45) is 0 Å². The van der Waals surface area contributed by atoms with E-state index in [9.17, 15) is 0 Å². The van der Waals surface area contributed by atoms with Crippen molar-refractivity contribution in [3.63, 3.8) is 0 Å². The summed E-state index contributed by atoms with van der Waals surface area (Å²) in [5.74, 6) is 0. The van der Waals surface area contributed by atoms with Gasteiger partial charge in [-0.05, 0) is 59.9 Å². The summed E-state index contributed by atoms with van der Waals surface area (Å²) >= 11 is 9.82. The van der Waals surface area contributed by atoms with Gasteiger partial charge in [-0.3, -0.25) is 0 Å². The van der Waals surface area contributed by atoms with Crippen molar-refractivity contribution < 1.29 is 14.2 Å². The number of rotatable bonds is 6. The van der Waals surface area contributed by atoms with Crippen molar-refractivity contribution in [3.05, 3.63) is 0 Å². The molecule has 2 unspecified atom stereocenters. The third-order valence-corrected chi connectivity index (χ3v) is 7.36. The SMILES string of the molecule is COC(=S)SSC(C)OC(C)SSC(=S)OC. The van der Waals surface area contributed by atoms with Crippen LogP contribution in [0, 0.1) is 0 Å². The first-order valence-corrected chi connectivity index (χ1v) is 9.71. The van der Waals surface area contributed by atoms with Crippen molar-refractivity contribution in [1.82, 2.24) is 0 Å². The van der Waals surface area contributed by atoms with E-state index in [-0.39, 0.29) is 10.9 Å². The van der Waals surface area contributed by atoms with Crippen LogP contribution < -0.4 is 0 Å². The third kappa shape index (κ3) is 10.7. The van der Waals surface area contributed by atoms with Gasteiger partial charge in [0.15, 0.2) is 0 Å². The van der Waals surface area contributed by atoms with Crippen LogP contribution in [0.25, 0.3) is 0 Å². The molecule has 0 fully saturated rings. The first-order valence-electron chi connectivity index (χ1n) is 4.47. The third-order valence-electron chi connectivity index (χ3n) is 1.22. The van der Waals surface area contributed by atoms with E-state index in [0.717, 1.165) is 0 Å². The predicted octanol–water partition coefficient (Wildman–Crippen LogP) is 4.32. The van der Waals surface area contributed by atoms with Crippen molar-refractivity contribution in [2.75, 3.05) is 14.2 Å². The van der Waals surface area contributed by atoms with Gasteiger partial charge in [0.25, 0.3) is 0 Å². The van der Waals surface area contributed by atoms with Crippen LogP contribution >= 0.6 is 67.6 Å². The Kier molecular flexibility index (Phi) is 11.7. The van der Waals surface area contributed by atoms with Crippen molar-refractivity contribution in [2.45, 2.75) is 24.7 Å². The van der Waals surface area contributed by atoms with Crippen LogP contribution in [0.2, 0.25) is 0 Å². The first-order chi connectivity index (χ1) is 7.99. The summed E-state index contributed by atoms with van der Waals surface area (Å²) in [5.41, 5.74) is 0.0413. The fraction of sp³-hybridized carbons (Fsp3) is 0.750. The lowest BCUT2D eigenvalue weighted by molar-refractivity contribution is 0.115. The van der Waals surface area contributed by atoms with Gasteiger partial charge in [-0.25, -0.2) is 0 Å². The molecule has 100 valence electrons. The molecule has 2 atom stereocenters. The molecule has 0 spiro atoms. The Hall–Kier alpha value is 1.14. The Labute approximate surface area is 129 Å². The molecule has 3 nitrogen and oxygen atoms in total. The zero-order valence-corrected chi connectivity index (χ0v) is 14.7. The van der Waals surface area contributed by atoms with Crippen LogP contribution in [-0.4, -0.2) is 33.9 Å². The van der Waals surface area contributed by atoms with E-state index in [1.54, 1.807) is 14.2 Å². The average molecular weight is 351 g/mol. The molecule has 0 N–H and O–H groups in total. The summed E-state index contributed by atoms with van der Waals surface area (Å²) in [6, 6.07) is 0. The van der Waals surface area contributed by atoms with Gasteiger partial charge in [-0.15, -0.1) is 0 Å². The molecule has 0 aromatic heterocycles. The predicted molar refractivity (Wildman–Crippen MR) is 89.6 cm³/mol. The minimum atomic E-state index is 0.0207. The van der Waals surface area contributed by atoms with E-state index >= 15 is 0 Å². The number of thiocarbonyl (C=S) groups is 2. The molecule has 0 aromatic rings. The molecule has 0 aromatic carbocycles. The summed E-state index contributed by atoms with van der Waals surface area (Å²) in [4.78, 5) is 0. The van der Waals surface area contributed by atoms with Crippen LogP contribution in [0.15, 0.2) is 0 Å². The Morgan fingerprint density at radius 1 is 0.882 bits per heavy atom. The summed E-state index contributed by atoms with van der Waals surface area (Å²) in [6.07, 6.45) is 0. The van der Waals surface area contributed by atoms with Gasteiger partial charge in [-0.2, -0.15) is 0 Å². The van der Waals surface area contributed by atoms with E-state index in [4.69, 9.17) is 38.6 Å². The molecule has 0 aliphatic heterocycles. The molecule has 17 heavy (non-hydrogen) atoms. The highest BCUT2D eigenvalue weighted by atomic mass is 33.1. The van der Waals surface area contributed by atoms with Crippen LogP contribution in [-0.2, 0) is 14.2 Å². The summed E-state index contributed by atoms with van der Waals surface area (Å²) in [5, 5.41) is 0. The second-order valence-electron chi connectivity index (χ2n) is 2.54. The lowest BCUT2D eigenvalue weighted by Gasteiger charge is -2.17. The van der Waals surface area contributed by atoms with E-state index in [0.29, 0.717) is 8.77 Å². The molecule has 0 bridgehead atoms. The van der Waals surface area contributed by atoms with Crippen molar-refractivity contribution in [3.8, 4) is 0 Å². The maximum Gasteiger partial charge on any atom is 0.230 e. The Bertz CT molecular complexity index is 225. The van der Waals surface area contributed by atoms with Gasteiger partial charge in [0.2, 0.25) is 8.77 Å². The van der Waals surface area contributed by atoms with Gasteiger partial charge >= 0.3 is 0 Å². The smallest absolute Gasteiger partial charge is 0.230 e. The number of methoxy groups -OCH3 is 2. The summed E-state index contributed by atoms with van der Waals surface area (Å²) < 4.78 is 16.4. The second kappa shape index (κ2) is 11.0. The number of ether oxygens (including phenoxy) is 3. The highest BCUT2D eigenvalue weighted by Gasteiger charge is 2.12. The van der Waals surface area contributed by atoms with Gasteiger partial charge in [0.05, 0.1) is 14.2 Å². The van der Waals surface area contributed by atoms with E-state index < -0.39 is 0 Å². The minimum Gasteiger partial charge on any atom is -0.481 e. The summed E-state index contributed by atoms with van der Waals surface area (Å²) in [6.45, 7) is 3.93. The van der Waals surface area contributed by atoms with Crippen LogP contribution in [0.1, 0.15) is 13.8 Å². The van der Waals surface area contributed by atoms with Gasteiger partial charge in [0.1, 0.15) is 10.9 Å². The quantitative estimate of drug-likeness (QED) is 0.394. The average Bonchev–Trinajstić information content (AvgIpc) is 2.32. The monoisotopic (exact) mass is 350 g/mol. The topological polar surface area (TPSA) is 27.7 Å². The Balaban J connectivity index is 3.68. The number of hydrogen-bond acceptors (Lipinski definition) is 9. The van der Waals surface area contributed by atoms with E-state index in [1.807, 2.05) is 13.8 Å². The van der Waals surface area contributed by atoms with Gasteiger partial charge in [0, 0.05) is 0 Å². The van der Waals surface area contributed by atoms with E-state index in [1.165, 1.54) is 43.2 Å². The highest BCUT2D eigenvalue weighted by molar-refractivity contribution is 8.84. The standard InChI is InChI=1S/C8H14O3S6/c1-5(14-16-7(12)9-3)11-6(2)15-17-8(13)10-4/h5-6H,1-4H3. The van der Waals surface area contributed by atoms with Crippen molar-refractivity contribution in [1.29, 1.82) is 0 Å². The van der Waals surface area contributed by atoms with E-state index in [2.05, 4.69) is 0 Å². The van der Waals surface area contributed by atoms with Crippen LogP contribution in [0.3, 0.4) is 0 Å². The Morgan fingerprint density at radius 2 is 1.24 bits per heavy atom. The molecule has 0 amide bonds. The highest BCUT2D eigenvalue weighted by Crippen LogP contribution is 2.34. The fourth-order valence-electron chi connectivity index (χ4n) is 0.597. The fourth-order valence-corrected chi connectivity index (χ4v) is 4.33. The molecule has 0 radical (unpaired) electrons. The lowest BCUT2D eigenvalue weighted by Crippen LogP contribution is -2.10. The normalized spacial score (nSPS) is 13.9. The molecule has 0 saturated carbocycles. The maximum absolute atomic E-state index is 5.69. The zero-order chi connectivity index (χ0) is 13.3. The molecule has 0 saturated heterocycles. The molecular weight excluding hydrogens is 336 g/mol. The van der Waals surface area contributed by atoms with Gasteiger partial charge in [-0.1, -0.05) is 21.6 Å². The second-order valence-corrected chi connectivity index (χ2v) is 8.74. The molecule has 0 aliphatic carbocycles. The lowest BCUT2D eigenvalue weighted by atomic mass is 10.8. The molecule has 0 aliphatic rings. The minimum absolute atomic E-state index is 0.0207. The Morgan fingerprint density at radius 3 is 1.53 bits per heavy atom. The van der Waals surface area contributed by atoms with Crippen molar-refractivity contribution >= 4 is 76.4 Å². The van der Waals surface area contributed by atoms with Crippen LogP contribution in [0.4, 0.5) is 0 Å². The zero-order valence-electron chi connectivity index (χ0n) is 9.83. The summed E-state index contributed by atoms with van der Waals surface area (Å²) in [7, 11) is 8.93. The molecular formula is C8H14O3S6. The molecule has 0 rings (SSSR count). The maximum atomic E-state index is 5.69.